The molecule has 4 nitrogen and oxygen atoms in total. The number of hydrogen-bond donors (Lipinski definition) is 1. The van der Waals surface area contributed by atoms with Crippen molar-refractivity contribution in [3.05, 3.63) is 39.2 Å². The van der Waals surface area contributed by atoms with Crippen molar-refractivity contribution in [3.8, 4) is 0 Å². The molecule has 0 atom stereocenters. The van der Waals surface area contributed by atoms with Gasteiger partial charge >= 0.3 is 5.97 Å². The fraction of sp³-hybridized carbons (Fsp3) is 0.214. The van der Waals surface area contributed by atoms with Crippen molar-refractivity contribution in [1.29, 1.82) is 0 Å². The predicted molar refractivity (Wildman–Crippen MR) is 87.9 cm³/mol. The number of carbonyl (C=O) groups is 1. The number of aromatic nitrogens is 2. The summed E-state index contributed by atoms with van der Waals surface area (Å²) in [5.41, 5.74) is 0.765. The van der Waals surface area contributed by atoms with Gasteiger partial charge < -0.3 is 5.11 Å². The summed E-state index contributed by atoms with van der Waals surface area (Å²) >= 11 is 4.62. The van der Waals surface area contributed by atoms with Gasteiger partial charge in [0, 0.05) is 16.0 Å². The Morgan fingerprint density at radius 2 is 2.29 bits per heavy atom. The normalized spacial score (nSPS) is 11.1. The van der Waals surface area contributed by atoms with Crippen LogP contribution in [0.3, 0.4) is 0 Å². The second-order valence-corrected chi connectivity index (χ2v) is 7.51. The fourth-order valence-electron chi connectivity index (χ4n) is 2.06. The summed E-state index contributed by atoms with van der Waals surface area (Å²) in [5, 5.41) is 13.0. The van der Waals surface area contributed by atoms with Gasteiger partial charge in [-0.05, 0) is 30.4 Å². The minimum absolute atomic E-state index is 0.352. The Hall–Kier alpha value is -1.44. The molecule has 3 rings (SSSR count). The lowest BCUT2D eigenvalue weighted by molar-refractivity contribution is 0.0701. The van der Waals surface area contributed by atoms with Gasteiger partial charge in [0.15, 0.2) is 0 Å². The highest BCUT2D eigenvalue weighted by Crippen LogP contribution is 2.35. The number of thioether (sulfide) groups is 1. The average molecular weight is 336 g/mol. The van der Waals surface area contributed by atoms with Gasteiger partial charge in [-0.15, -0.1) is 34.4 Å². The van der Waals surface area contributed by atoms with Crippen molar-refractivity contribution in [1.82, 2.24) is 9.97 Å². The SMILES string of the molecule is Cc1c(C(=O)O)sc2ncnc(SCCc3cccs3)c12. The highest BCUT2D eigenvalue weighted by Gasteiger charge is 2.18. The summed E-state index contributed by atoms with van der Waals surface area (Å²) in [7, 11) is 0. The molecule has 21 heavy (non-hydrogen) atoms. The Balaban J connectivity index is 1.86. The molecule has 0 saturated heterocycles. The molecule has 0 radical (unpaired) electrons. The monoisotopic (exact) mass is 336 g/mol. The van der Waals surface area contributed by atoms with Crippen LogP contribution in [-0.4, -0.2) is 26.8 Å². The van der Waals surface area contributed by atoms with E-state index in [0.29, 0.717) is 4.88 Å². The van der Waals surface area contributed by atoms with Crippen LogP contribution >= 0.6 is 34.4 Å². The summed E-state index contributed by atoms with van der Waals surface area (Å²) in [6.07, 6.45) is 2.50. The van der Waals surface area contributed by atoms with Gasteiger partial charge in [0.05, 0.1) is 0 Å². The largest absolute Gasteiger partial charge is 0.477 e. The smallest absolute Gasteiger partial charge is 0.346 e. The maximum absolute atomic E-state index is 11.2. The van der Waals surface area contributed by atoms with Gasteiger partial charge in [-0.3, -0.25) is 0 Å². The van der Waals surface area contributed by atoms with E-state index in [1.165, 1.54) is 22.5 Å². The highest BCUT2D eigenvalue weighted by atomic mass is 32.2. The van der Waals surface area contributed by atoms with E-state index in [-0.39, 0.29) is 0 Å². The molecule has 0 aliphatic rings. The van der Waals surface area contributed by atoms with Crippen LogP contribution in [-0.2, 0) is 6.42 Å². The van der Waals surface area contributed by atoms with Gasteiger partial charge in [-0.25, -0.2) is 14.8 Å². The first-order valence-electron chi connectivity index (χ1n) is 6.29. The van der Waals surface area contributed by atoms with Crippen LogP contribution in [0.1, 0.15) is 20.1 Å². The lowest BCUT2D eigenvalue weighted by atomic mass is 10.2. The second kappa shape index (κ2) is 6.13. The summed E-state index contributed by atoms with van der Waals surface area (Å²) < 4.78 is 0. The molecule has 0 spiro atoms. The average Bonchev–Trinajstić information content (AvgIpc) is 3.07. The number of fused-ring (bicyclic) bond motifs is 1. The Labute approximate surface area is 133 Å². The number of rotatable bonds is 5. The molecule has 3 aromatic heterocycles. The Bertz CT molecular complexity index is 781. The molecule has 0 aliphatic carbocycles. The van der Waals surface area contributed by atoms with E-state index in [0.717, 1.165) is 33.0 Å². The zero-order chi connectivity index (χ0) is 14.8. The molecule has 0 aliphatic heterocycles. The molecule has 108 valence electrons. The van der Waals surface area contributed by atoms with Crippen molar-refractivity contribution >= 4 is 50.6 Å². The minimum Gasteiger partial charge on any atom is -0.477 e. The van der Waals surface area contributed by atoms with Gasteiger partial charge in [-0.2, -0.15) is 0 Å². The number of nitrogens with zero attached hydrogens (tertiary/aromatic N) is 2. The first kappa shape index (κ1) is 14.5. The Kier molecular flexibility index (Phi) is 4.23. The molecule has 1 N–H and O–H groups in total. The quantitative estimate of drug-likeness (QED) is 0.561. The van der Waals surface area contributed by atoms with E-state index in [1.807, 2.05) is 6.92 Å². The van der Waals surface area contributed by atoms with Gasteiger partial charge in [0.2, 0.25) is 0 Å². The van der Waals surface area contributed by atoms with Crippen molar-refractivity contribution in [2.75, 3.05) is 5.75 Å². The Morgan fingerprint density at radius 3 is 3.00 bits per heavy atom. The number of carboxylic acids is 1. The zero-order valence-corrected chi connectivity index (χ0v) is 13.6. The molecule has 0 aromatic carbocycles. The van der Waals surface area contributed by atoms with Crippen LogP contribution in [0.25, 0.3) is 10.2 Å². The maximum atomic E-state index is 11.2. The third-order valence-corrected chi connectivity index (χ3v) is 6.17. The molecule has 7 heteroatoms. The van der Waals surface area contributed by atoms with Crippen LogP contribution in [0.15, 0.2) is 28.9 Å². The molecular weight excluding hydrogens is 324 g/mol. The maximum Gasteiger partial charge on any atom is 0.346 e. The number of aryl methyl sites for hydroxylation is 2. The van der Waals surface area contributed by atoms with Crippen LogP contribution in [0.2, 0.25) is 0 Å². The minimum atomic E-state index is -0.898. The van der Waals surface area contributed by atoms with E-state index in [1.54, 1.807) is 23.1 Å². The van der Waals surface area contributed by atoms with Crippen LogP contribution < -0.4 is 0 Å². The molecule has 3 aromatic rings. The zero-order valence-electron chi connectivity index (χ0n) is 11.2. The molecule has 0 unspecified atom stereocenters. The van der Waals surface area contributed by atoms with Crippen LogP contribution in [0.4, 0.5) is 0 Å². The number of aromatic carboxylic acids is 1. The van der Waals surface area contributed by atoms with Gasteiger partial charge in [0.1, 0.15) is 21.1 Å². The predicted octanol–water partition coefficient (Wildman–Crippen LogP) is 4.09. The van der Waals surface area contributed by atoms with E-state index < -0.39 is 5.97 Å². The summed E-state index contributed by atoms with van der Waals surface area (Å²) in [6, 6.07) is 4.18. The second-order valence-electron chi connectivity index (χ2n) is 4.40. The first-order chi connectivity index (χ1) is 10.2. The third kappa shape index (κ3) is 2.95. The number of hydrogen-bond acceptors (Lipinski definition) is 6. The lowest BCUT2D eigenvalue weighted by Gasteiger charge is -2.02. The molecule has 0 amide bonds. The molecule has 0 fully saturated rings. The number of thiophene rings is 2. The van der Waals surface area contributed by atoms with Crippen LogP contribution in [0, 0.1) is 6.92 Å². The lowest BCUT2D eigenvalue weighted by Crippen LogP contribution is -1.94. The van der Waals surface area contributed by atoms with Crippen molar-refractivity contribution in [3.63, 3.8) is 0 Å². The highest BCUT2D eigenvalue weighted by molar-refractivity contribution is 7.99. The van der Waals surface area contributed by atoms with Gasteiger partial charge in [-0.1, -0.05) is 6.07 Å². The van der Waals surface area contributed by atoms with Crippen molar-refractivity contribution in [2.45, 2.75) is 18.4 Å². The summed E-state index contributed by atoms with van der Waals surface area (Å²) in [6.45, 7) is 1.83. The van der Waals surface area contributed by atoms with E-state index >= 15 is 0 Å². The van der Waals surface area contributed by atoms with Crippen molar-refractivity contribution < 1.29 is 9.90 Å². The van der Waals surface area contributed by atoms with Gasteiger partial charge in [0.25, 0.3) is 0 Å². The number of carboxylic acid groups (broad SMARTS) is 1. The van der Waals surface area contributed by atoms with E-state index in [4.69, 9.17) is 0 Å². The molecule has 3 heterocycles. The molecule has 0 bridgehead atoms. The summed E-state index contributed by atoms with van der Waals surface area (Å²) in [5.74, 6) is 0.0228. The standard InChI is InChI=1S/C14H12N2O2S3/c1-8-10-12(20-6-4-9-3-2-5-19-9)15-7-16-13(10)21-11(8)14(17)18/h2-3,5,7H,4,6H2,1H3,(H,17,18). The third-order valence-electron chi connectivity index (χ3n) is 3.05. The molecular formula is C14H12N2O2S3. The molecule has 0 saturated carbocycles. The van der Waals surface area contributed by atoms with E-state index in [2.05, 4.69) is 27.5 Å². The summed E-state index contributed by atoms with van der Waals surface area (Å²) in [4.78, 5) is 22.2. The van der Waals surface area contributed by atoms with Crippen LogP contribution in [0.5, 0.6) is 0 Å². The first-order valence-corrected chi connectivity index (χ1v) is 8.97. The van der Waals surface area contributed by atoms with Crippen molar-refractivity contribution in [2.24, 2.45) is 0 Å². The topological polar surface area (TPSA) is 63.1 Å². The Morgan fingerprint density at radius 1 is 1.43 bits per heavy atom. The fourth-order valence-corrected chi connectivity index (χ4v) is 4.98. The van der Waals surface area contributed by atoms with E-state index in [9.17, 15) is 9.90 Å².